The molecule has 0 aliphatic carbocycles. The Kier molecular flexibility index (Phi) is 6.81. The van der Waals surface area contributed by atoms with Crippen molar-refractivity contribution in [3.63, 3.8) is 0 Å². The lowest BCUT2D eigenvalue weighted by Gasteiger charge is -2.34. The molecular formula is C25H27N3O6. The lowest BCUT2D eigenvalue weighted by atomic mass is 10.1. The molecule has 0 N–H and O–H groups in total. The van der Waals surface area contributed by atoms with E-state index in [1.807, 2.05) is 6.07 Å². The van der Waals surface area contributed by atoms with E-state index in [1.54, 1.807) is 58.0 Å². The number of Topliss-reactive ketones (excluding diaryl/α,β-unsaturated/α-hetero) is 1. The number of carbonyl (C=O) groups excluding carboxylic acids is 4. The number of carbonyl (C=O) groups is 4. The summed E-state index contributed by atoms with van der Waals surface area (Å²) in [5, 5.41) is 0. The van der Waals surface area contributed by atoms with E-state index in [0.29, 0.717) is 55.3 Å². The molecule has 2 heterocycles. The van der Waals surface area contributed by atoms with Crippen LogP contribution in [0.1, 0.15) is 40.1 Å². The van der Waals surface area contributed by atoms with Crippen molar-refractivity contribution in [3.8, 4) is 5.75 Å². The quantitative estimate of drug-likeness (QED) is 0.630. The van der Waals surface area contributed by atoms with Crippen LogP contribution < -0.4 is 9.64 Å². The van der Waals surface area contributed by atoms with Crippen LogP contribution in [0.25, 0.3) is 0 Å². The van der Waals surface area contributed by atoms with Crippen molar-refractivity contribution in [1.29, 1.82) is 0 Å². The molecule has 2 aliphatic heterocycles. The molecular weight excluding hydrogens is 438 g/mol. The largest absolute Gasteiger partial charge is 0.482 e. The number of piperazine rings is 1. The molecule has 2 aromatic rings. The van der Waals surface area contributed by atoms with E-state index in [0.717, 1.165) is 5.56 Å². The zero-order valence-electron chi connectivity index (χ0n) is 19.3. The molecule has 4 rings (SSSR count). The molecule has 0 bridgehead atoms. The number of amides is 3. The van der Waals surface area contributed by atoms with E-state index >= 15 is 0 Å². The molecule has 1 saturated heterocycles. The van der Waals surface area contributed by atoms with Crippen molar-refractivity contribution in [2.75, 3.05) is 44.3 Å². The number of hydrogen-bond donors (Lipinski definition) is 0. The first kappa shape index (κ1) is 23.3. The number of hydrogen-bond acceptors (Lipinski definition) is 6. The SMILES string of the molecule is CCOC(=O)N1CCN(C(=O)c2cccc(CN3C(=O)COc4ccc(C(C)=O)cc43)c2)CC1. The van der Waals surface area contributed by atoms with Crippen molar-refractivity contribution in [3.05, 3.63) is 59.2 Å². The molecule has 9 heteroatoms. The minimum atomic E-state index is -0.361. The summed E-state index contributed by atoms with van der Waals surface area (Å²) in [6, 6.07) is 12.2. The molecule has 0 spiro atoms. The zero-order chi connectivity index (χ0) is 24.2. The van der Waals surface area contributed by atoms with Gasteiger partial charge in [-0.1, -0.05) is 12.1 Å². The Labute approximate surface area is 197 Å². The fourth-order valence-corrected chi connectivity index (χ4v) is 4.07. The normalized spacial score (nSPS) is 15.5. The standard InChI is InChI=1S/C25H27N3O6/c1-3-33-25(32)27-11-9-26(10-12-27)24(31)20-6-4-5-18(13-20)15-28-21-14-19(17(2)29)7-8-22(21)34-16-23(28)30/h4-8,13-14H,3,9-12,15-16H2,1-2H3. The van der Waals surface area contributed by atoms with E-state index in [4.69, 9.17) is 9.47 Å². The lowest BCUT2D eigenvalue weighted by Crippen LogP contribution is -2.50. The third-order valence-electron chi connectivity index (χ3n) is 5.92. The molecule has 0 saturated carbocycles. The van der Waals surface area contributed by atoms with Crippen molar-refractivity contribution in [2.24, 2.45) is 0 Å². The van der Waals surface area contributed by atoms with Crippen LogP contribution >= 0.6 is 0 Å². The second kappa shape index (κ2) is 9.94. The van der Waals surface area contributed by atoms with Gasteiger partial charge in [0, 0.05) is 37.3 Å². The Balaban J connectivity index is 1.48. The summed E-state index contributed by atoms with van der Waals surface area (Å²) in [4.78, 5) is 54.3. The van der Waals surface area contributed by atoms with Gasteiger partial charge in [-0.15, -0.1) is 0 Å². The second-order valence-corrected chi connectivity index (χ2v) is 8.19. The van der Waals surface area contributed by atoms with Gasteiger partial charge < -0.3 is 24.2 Å². The van der Waals surface area contributed by atoms with Crippen LogP contribution in [-0.2, 0) is 16.1 Å². The highest BCUT2D eigenvalue weighted by atomic mass is 16.6. The smallest absolute Gasteiger partial charge is 0.409 e. The summed E-state index contributed by atoms with van der Waals surface area (Å²) < 4.78 is 10.5. The lowest BCUT2D eigenvalue weighted by molar-refractivity contribution is -0.121. The fourth-order valence-electron chi connectivity index (χ4n) is 4.07. The monoisotopic (exact) mass is 465 g/mol. The van der Waals surface area contributed by atoms with Crippen LogP contribution in [0.15, 0.2) is 42.5 Å². The van der Waals surface area contributed by atoms with Gasteiger partial charge in [-0.25, -0.2) is 4.79 Å². The molecule has 2 aromatic carbocycles. The van der Waals surface area contributed by atoms with Crippen molar-refractivity contribution >= 4 is 29.4 Å². The van der Waals surface area contributed by atoms with Gasteiger partial charge in [0.15, 0.2) is 12.4 Å². The first-order chi connectivity index (χ1) is 16.4. The number of nitrogens with zero attached hydrogens (tertiary/aromatic N) is 3. The molecule has 2 aliphatic rings. The summed E-state index contributed by atoms with van der Waals surface area (Å²) in [6.45, 7) is 5.38. The number of benzene rings is 2. The molecule has 9 nitrogen and oxygen atoms in total. The van der Waals surface area contributed by atoms with Gasteiger partial charge in [-0.2, -0.15) is 0 Å². The molecule has 0 atom stereocenters. The summed E-state index contributed by atoms with van der Waals surface area (Å²) in [5.41, 5.74) is 2.33. The predicted molar refractivity (Wildman–Crippen MR) is 124 cm³/mol. The van der Waals surface area contributed by atoms with Gasteiger partial charge in [-0.3, -0.25) is 14.4 Å². The Morgan fingerprint density at radius 1 is 0.971 bits per heavy atom. The van der Waals surface area contributed by atoms with E-state index in [1.165, 1.54) is 6.92 Å². The summed E-state index contributed by atoms with van der Waals surface area (Å²) in [6.07, 6.45) is -0.361. The Hall–Kier alpha value is -3.88. The maximum Gasteiger partial charge on any atom is 0.409 e. The molecule has 0 radical (unpaired) electrons. The first-order valence-electron chi connectivity index (χ1n) is 11.3. The van der Waals surface area contributed by atoms with Gasteiger partial charge >= 0.3 is 6.09 Å². The maximum absolute atomic E-state index is 13.1. The predicted octanol–water partition coefficient (Wildman–Crippen LogP) is 2.73. The third-order valence-corrected chi connectivity index (χ3v) is 5.92. The van der Waals surface area contributed by atoms with Gasteiger partial charge in [0.1, 0.15) is 5.75 Å². The molecule has 3 amide bonds. The van der Waals surface area contributed by atoms with E-state index in [2.05, 4.69) is 0 Å². The van der Waals surface area contributed by atoms with Crippen LogP contribution in [0.4, 0.5) is 10.5 Å². The van der Waals surface area contributed by atoms with E-state index in [-0.39, 0.29) is 36.8 Å². The molecule has 34 heavy (non-hydrogen) atoms. The van der Waals surface area contributed by atoms with Gasteiger partial charge in [-0.05, 0) is 49.7 Å². The van der Waals surface area contributed by atoms with Crippen LogP contribution in [0.2, 0.25) is 0 Å². The highest BCUT2D eigenvalue weighted by molar-refractivity contribution is 6.01. The number of anilines is 1. The minimum absolute atomic E-state index is 0.0875. The molecule has 178 valence electrons. The first-order valence-corrected chi connectivity index (χ1v) is 11.3. The number of ketones is 1. The average molecular weight is 466 g/mol. The van der Waals surface area contributed by atoms with Gasteiger partial charge in [0.25, 0.3) is 11.8 Å². The zero-order valence-corrected chi connectivity index (χ0v) is 19.3. The van der Waals surface area contributed by atoms with Crippen molar-refractivity contribution in [2.45, 2.75) is 20.4 Å². The van der Waals surface area contributed by atoms with Gasteiger partial charge in [0.2, 0.25) is 0 Å². The topological polar surface area (TPSA) is 96.5 Å². The van der Waals surface area contributed by atoms with Crippen molar-refractivity contribution in [1.82, 2.24) is 9.80 Å². The van der Waals surface area contributed by atoms with Crippen LogP contribution in [0.5, 0.6) is 5.75 Å². The van der Waals surface area contributed by atoms with Crippen LogP contribution in [0, 0.1) is 0 Å². The Morgan fingerprint density at radius 2 is 1.71 bits per heavy atom. The maximum atomic E-state index is 13.1. The number of fused-ring (bicyclic) bond motifs is 1. The third kappa shape index (κ3) is 4.88. The van der Waals surface area contributed by atoms with E-state index in [9.17, 15) is 19.2 Å². The number of ether oxygens (including phenoxy) is 2. The molecule has 0 unspecified atom stereocenters. The number of rotatable bonds is 5. The Morgan fingerprint density at radius 3 is 2.41 bits per heavy atom. The summed E-state index contributed by atoms with van der Waals surface area (Å²) >= 11 is 0. The summed E-state index contributed by atoms with van der Waals surface area (Å²) in [7, 11) is 0. The average Bonchev–Trinajstić information content (AvgIpc) is 2.85. The minimum Gasteiger partial charge on any atom is -0.482 e. The Bertz CT molecular complexity index is 1120. The van der Waals surface area contributed by atoms with Crippen LogP contribution in [0.3, 0.4) is 0 Å². The van der Waals surface area contributed by atoms with Gasteiger partial charge in [0.05, 0.1) is 18.8 Å². The highest BCUT2D eigenvalue weighted by Gasteiger charge is 2.28. The van der Waals surface area contributed by atoms with E-state index < -0.39 is 0 Å². The van der Waals surface area contributed by atoms with Crippen molar-refractivity contribution < 1.29 is 28.7 Å². The fraction of sp³-hybridized carbons (Fsp3) is 0.360. The van der Waals surface area contributed by atoms with Crippen LogP contribution in [-0.4, -0.2) is 72.9 Å². The molecule has 1 fully saturated rings. The highest BCUT2D eigenvalue weighted by Crippen LogP contribution is 2.34. The second-order valence-electron chi connectivity index (χ2n) is 8.19. The molecule has 0 aromatic heterocycles. The summed E-state index contributed by atoms with van der Waals surface area (Å²) in [5.74, 6) is 0.0886.